The maximum atomic E-state index is 11.0. The second kappa shape index (κ2) is 5.91. The molecule has 0 bridgehead atoms. The van der Waals surface area contributed by atoms with Crippen molar-refractivity contribution in [3.8, 4) is 0 Å². The van der Waals surface area contributed by atoms with Crippen LogP contribution in [0.15, 0.2) is 39.0 Å². The van der Waals surface area contributed by atoms with Crippen LogP contribution in [0.5, 0.6) is 0 Å². The van der Waals surface area contributed by atoms with Crippen LogP contribution < -0.4 is 0 Å². The maximum absolute atomic E-state index is 11.0. The molecule has 1 aromatic carbocycles. The third kappa shape index (κ3) is 3.37. The van der Waals surface area contributed by atoms with Gasteiger partial charge in [-0.15, -0.1) is 23.1 Å². The van der Waals surface area contributed by atoms with Gasteiger partial charge >= 0.3 is 5.97 Å². The molecule has 0 spiro atoms. The number of hydrogen-bond acceptors (Lipinski definition) is 3. The molecule has 0 aliphatic carbocycles. The zero-order chi connectivity index (χ0) is 13.1. The van der Waals surface area contributed by atoms with Crippen molar-refractivity contribution >= 4 is 45.0 Å². The molecule has 2 aromatic rings. The normalized spacial score (nSPS) is 10.6. The molecule has 0 atom stereocenters. The molecule has 0 radical (unpaired) electrons. The fourth-order valence-electron chi connectivity index (χ4n) is 1.51. The summed E-state index contributed by atoms with van der Waals surface area (Å²) in [6, 6.07) is 7.65. The molecule has 1 heterocycles. The molecule has 5 heteroatoms. The van der Waals surface area contributed by atoms with Crippen LogP contribution in [0.25, 0.3) is 0 Å². The zero-order valence-electron chi connectivity index (χ0n) is 9.64. The lowest BCUT2D eigenvalue weighted by molar-refractivity contribution is 0.0696. The van der Waals surface area contributed by atoms with E-state index in [0.29, 0.717) is 5.56 Å². The lowest BCUT2D eigenvalue weighted by Gasteiger charge is -2.04. The first-order valence-corrected chi connectivity index (χ1v) is 7.92. The Labute approximate surface area is 122 Å². The SMILES string of the molecule is Cc1ccc(SCc2cc(Br)cs2)cc1C(=O)O. The molecule has 18 heavy (non-hydrogen) atoms. The number of benzene rings is 1. The highest BCUT2D eigenvalue weighted by Gasteiger charge is 2.08. The van der Waals surface area contributed by atoms with Gasteiger partial charge in [0.1, 0.15) is 0 Å². The van der Waals surface area contributed by atoms with Crippen molar-refractivity contribution in [1.29, 1.82) is 0 Å². The standard InChI is InChI=1S/C13H11BrO2S2/c1-8-2-3-10(5-12(8)13(15)16)18-7-11-4-9(14)6-17-11/h2-6H,7H2,1H3,(H,15,16). The van der Waals surface area contributed by atoms with Gasteiger partial charge in [-0.1, -0.05) is 6.07 Å². The molecule has 94 valence electrons. The third-order valence-electron chi connectivity index (χ3n) is 2.44. The molecule has 0 saturated carbocycles. The van der Waals surface area contributed by atoms with Crippen LogP contribution in [0.3, 0.4) is 0 Å². The summed E-state index contributed by atoms with van der Waals surface area (Å²) in [5.41, 5.74) is 1.18. The fourth-order valence-corrected chi connectivity index (χ4v) is 3.95. The van der Waals surface area contributed by atoms with Gasteiger partial charge in [0.05, 0.1) is 5.56 Å². The van der Waals surface area contributed by atoms with E-state index in [0.717, 1.165) is 20.7 Å². The summed E-state index contributed by atoms with van der Waals surface area (Å²) >= 11 is 6.77. The number of halogens is 1. The van der Waals surface area contributed by atoms with Crippen LogP contribution in [-0.2, 0) is 5.75 Å². The van der Waals surface area contributed by atoms with E-state index in [2.05, 4.69) is 22.0 Å². The van der Waals surface area contributed by atoms with E-state index in [-0.39, 0.29) is 0 Å². The minimum atomic E-state index is -0.867. The fraction of sp³-hybridized carbons (Fsp3) is 0.154. The number of rotatable bonds is 4. The van der Waals surface area contributed by atoms with Crippen LogP contribution in [0, 0.1) is 6.92 Å². The van der Waals surface area contributed by atoms with E-state index < -0.39 is 5.97 Å². The molecular weight excluding hydrogens is 332 g/mol. The Morgan fingerprint density at radius 2 is 2.22 bits per heavy atom. The Morgan fingerprint density at radius 3 is 2.83 bits per heavy atom. The monoisotopic (exact) mass is 342 g/mol. The Hall–Kier alpha value is -0.780. The maximum Gasteiger partial charge on any atom is 0.335 e. The Balaban J connectivity index is 2.10. The van der Waals surface area contributed by atoms with Gasteiger partial charge in [0.25, 0.3) is 0 Å². The first-order valence-electron chi connectivity index (χ1n) is 5.26. The summed E-state index contributed by atoms with van der Waals surface area (Å²) in [5.74, 6) is -0.00732. The minimum absolute atomic E-state index is 0.382. The molecule has 0 aliphatic heterocycles. The highest BCUT2D eigenvalue weighted by atomic mass is 79.9. The molecule has 2 rings (SSSR count). The molecule has 0 aliphatic rings. The molecule has 0 unspecified atom stereocenters. The Morgan fingerprint density at radius 1 is 1.44 bits per heavy atom. The second-order valence-corrected chi connectivity index (χ2v) is 6.76. The predicted molar refractivity (Wildman–Crippen MR) is 79.7 cm³/mol. The summed E-state index contributed by atoms with van der Waals surface area (Å²) in [7, 11) is 0. The topological polar surface area (TPSA) is 37.3 Å². The summed E-state index contributed by atoms with van der Waals surface area (Å²) < 4.78 is 1.10. The first kappa shape index (κ1) is 13.6. The van der Waals surface area contributed by atoms with Crippen LogP contribution in [0.4, 0.5) is 0 Å². The van der Waals surface area contributed by atoms with Gasteiger partial charge < -0.3 is 5.11 Å². The van der Waals surface area contributed by atoms with Crippen molar-refractivity contribution in [1.82, 2.24) is 0 Å². The summed E-state index contributed by atoms with van der Waals surface area (Å²) in [5, 5.41) is 11.1. The third-order valence-corrected chi connectivity index (χ3v) is 5.37. The van der Waals surface area contributed by atoms with E-state index in [1.54, 1.807) is 29.2 Å². The average Bonchev–Trinajstić information content (AvgIpc) is 2.74. The Kier molecular flexibility index (Phi) is 4.48. The van der Waals surface area contributed by atoms with E-state index in [4.69, 9.17) is 5.11 Å². The van der Waals surface area contributed by atoms with Crippen LogP contribution in [0.1, 0.15) is 20.8 Å². The lowest BCUT2D eigenvalue weighted by atomic mass is 10.1. The van der Waals surface area contributed by atoms with Crippen LogP contribution >= 0.6 is 39.0 Å². The Bertz CT molecular complexity index is 578. The van der Waals surface area contributed by atoms with Gasteiger partial charge in [-0.25, -0.2) is 4.79 Å². The van der Waals surface area contributed by atoms with E-state index in [1.807, 2.05) is 24.4 Å². The highest BCUT2D eigenvalue weighted by molar-refractivity contribution is 9.10. The quantitative estimate of drug-likeness (QED) is 0.810. The van der Waals surface area contributed by atoms with Crippen molar-refractivity contribution < 1.29 is 9.90 Å². The second-order valence-electron chi connectivity index (χ2n) is 3.80. The van der Waals surface area contributed by atoms with Crippen molar-refractivity contribution in [3.63, 3.8) is 0 Å². The average molecular weight is 343 g/mol. The first-order chi connectivity index (χ1) is 8.56. The largest absolute Gasteiger partial charge is 0.478 e. The predicted octanol–water partition coefficient (Wildman–Crippen LogP) is 4.81. The van der Waals surface area contributed by atoms with Gasteiger partial charge in [-0.05, 0) is 46.6 Å². The highest BCUT2D eigenvalue weighted by Crippen LogP contribution is 2.29. The number of aromatic carboxylic acids is 1. The number of thiophene rings is 1. The van der Waals surface area contributed by atoms with Crippen molar-refractivity contribution in [3.05, 3.63) is 50.1 Å². The number of carbonyl (C=O) groups is 1. The number of carboxylic acids is 1. The van der Waals surface area contributed by atoms with Crippen LogP contribution in [-0.4, -0.2) is 11.1 Å². The molecule has 2 nitrogen and oxygen atoms in total. The molecule has 1 N–H and O–H groups in total. The van der Waals surface area contributed by atoms with Crippen LogP contribution in [0.2, 0.25) is 0 Å². The van der Waals surface area contributed by atoms with Crippen molar-refractivity contribution in [2.45, 2.75) is 17.6 Å². The van der Waals surface area contributed by atoms with Gasteiger partial charge in [0, 0.05) is 25.4 Å². The van der Waals surface area contributed by atoms with E-state index in [1.165, 1.54) is 4.88 Å². The molecule has 0 saturated heterocycles. The number of aryl methyl sites for hydroxylation is 1. The summed E-state index contributed by atoms with van der Waals surface area (Å²) in [6.07, 6.45) is 0. The van der Waals surface area contributed by atoms with Gasteiger partial charge in [-0.2, -0.15) is 0 Å². The summed E-state index contributed by atoms with van der Waals surface area (Å²) in [6.45, 7) is 1.81. The molecule has 1 aromatic heterocycles. The lowest BCUT2D eigenvalue weighted by Crippen LogP contribution is -1.99. The zero-order valence-corrected chi connectivity index (χ0v) is 12.9. The number of thioether (sulfide) groups is 1. The van der Waals surface area contributed by atoms with Crippen molar-refractivity contribution in [2.75, 3.05) is 0 Å². The van der Waals surface area contributed by atoms with Crippen molar-refractivity contribution in [2.24, 2.45) is 0 Å². The summed E-state index contributed by atoms with van der Waals surface area (Å²) in [4.78, 5) is 13.3. The minimum Gasteiger partial charge on any atom is -0.478 e. The number of carboxylic acid groups (broad SMARTS) is 1. The van der Waals surface area contributed by atoms with E-state index >= 15 is 0 Å². The molecule has 0 fully saturated rings. The number of hydrogen-bond donors (Lipinski definition) is 1. The smallest absolute Gasteiger partial charge is 0.335 e. The van der Waals surface area contributed by atoms with Gasteiger partial charge in [0.2, 0.25) is 0 Å². The van der Waals surface area contributed by atoms with Gasteiger partial charge in [0.15, 0.2) is 0 Å². The van der Waals surface area contributed by atoms with E-state index in [9.17, 15) is 4.79 Å². The van der Waals surface area contributed by atoms with Gasteiger partial charge in [-0.3, -0.25) is 0 Å². The molecule has 0 amide bonds. The molecular formula is C13H11BrO2S2.